The molecule has 2 aliphatic carbocycles. The van der Waals surface area contributed by atoms with Crippen molar-refractivity contribution >= 4 is 5.78 Å². The average Bonchev–Trinajstić information content (AvgIpc) is 3.04. The topological polar surface area (TPSA) is 58.7 Å². The Labute approximate surface area is 165 Å². The molecule has 1 heterocycles. The van der Waals surface area contributed by atoms with Crippen molar-refractivity contribution in [2.24, 2.45) is 7.05 Å². The summed E-state index contributed by atoms with van der Waals surface area (Å²) in [5.74, 6) is -0.476. The molecule has 4 nitrogen and oxygen atoms in total. The monoisotopic (exact) mass is 377 g/mol. The summed E-state index contributed by atoms with van der Waals surface area (Å²) in [7, 11) is 1.85. The zero-order valence-corrected chi connectivity index (χ0v) is 16.9. The quantitative estimate of drug-likeness (QED) is 0.717. The Hall–Kier alpha value is -3.00. The second-order valence-electron chi connectivity index (χ2n) is 7.11. The summed E-state index contributed by atoms with van der Waals surface area (Å²) in [4.78, 5) is 12.4. The first kappa shape index (κ1) is 19.8. The molecule has 0 fully saturated rings. The molecular formula is C23H24FN3O. The number of hydrogen-bond donors (Lipinski definition) is 0. The Morgan fingerprint density at radius 1 is 1.29 bits per heavy atom. The molecule has 1 aromatic carbocycles. The van der Waals surface area contributed by atoms with Crippen LogP contribution < -0.4 is 0 Å². The highest BCUT2D eigenvalue weighted by atomic mass is 19.1. The molecule has 2 aliphatic rings. The number of hydrogen-bond acceptors (Lipinski definition) is 3. The molecule has 144 valence electrons. The number of nitrogens with zero attached hydrogens (tertiary/aromatic N) is 3. The molecule has 0 radical (unpaired) electrons. The summed E-state index contributed by atoms with van der Waals surface area (Å²) in [6, 6.07) is 8.53. The molecule has 0 aliphatic heterocycles. The summed E-state index contributed by atoms with van der Waals surface area (Å²) < 4.78 is 15.5. The third-order valence-corrected chi connectivity index (χ3v) is 5.58. The van der Waals surface area contributed by atoms with Gasteiger partial charge in [-0.15, -0.1) is 0 Å². The van der Waals surface area contributed by atoms with Crippen LogP contribution in [0.25, 0.3) is 11.3 Å². The van der Waals surface area contributed by atoms with Crippen molar-refractivity contribution in [2.75, 3.05) is 0 Å². The Morgan fingerprint density at radius 3 is 2.64 bits per heavy atom. The minimum atomic E-state index is -0.583. The molecule has 0 N–H and O–H groups in total. The fourth-order valence-corrected chi connectivity index (χ4v) is 4.38. The summed E-state index contributed by atoms with van der Waals surface area (Å²) in [5.41, 5.74) is 4.83. The molecule has 0 spiro atoms. The lowest BCUT2D eigenvalue weighted by Gasteiger charge is -2.37. The second-order valence-corrected chi connectivity index (χ2v) is 7.11. The largest absolute Gasteiger partial charge is 0.288 e. The maximum Gasteiger partial charge on any atom is 0.198 e. The Morgan fingerprint density at radius 2 is 2.00 bits per heavy atom. The number of carbonyl (C=O) groups excluding carboxylic acids is 1. The average molecular weight is 377 g/mol. The lowest BCUT2D eigenvalue weighted by molar-refractivity contribution is -0.112. The van der Waals surface area contributed by atoms with E-state index in [-0.39, 0.29) is 17.2 Å². The van der Waals surface area contributed by atoms with Gasteiger partial charge in [0.05, 0.1) is 22.4 Å². The van der Waals surface area contributed by atoms with Crippen LogP contribution >= 0.6 is 0 Å². The van der Waals surface area contributed by atoms with E-state index in [1.165, 1.54) is 12.1 Å². The van der Waals surface area contributed by atoms with Crippen LogP contribution in [0.3, 0.4) is 0 Å². The summed E-state index contributed by atoms with van der Waals surface area (Å²) in [5, 5.41) is 14.1. The SMILES string of the molecule is CC.CC1=C2CCc3c(nn(C)c3-c3cccc(F)c3)C2(C)C=C(C#N)C1=O. The summed E-state index contributed by atoms with van der Waals surface area (Å²) in [6.45, 7) is 7.80. The van der Waals surface area contributed by atoms with Crippen molar-refractivity contribution in [1.82, 2.24) is 9.78 Å². The molecule has 0 saturated carbocycles. The standard InChI is InChI=1S/C21H18FN3O.C2H6/c1-12-17-8-7-16-18(13-5-4-6-15(22)9-13)25(3)24-20(16)21(17,2)10-14(11-23)19(12)26;1-2/h4-6,9-10H,7-8H2,1-3H3;1-2H3. The third kappa shape index (κ3) is 2.80. The number of halogens is 1. The highest BCUT2D eigenvalue weighted by Crippen LogP contribution is 2.48. The van der Waals surface area contributed by atoms with E-state index in [1.54, 1.807) is 23.7 Å². The second kappa shape index (κ2) is 7.20. The highest BCUT2D eigenvalue weighted by Gasteiger charge is 2.44. The van der Waals surface area contributed by atoms with Gasteiger partial charge in [0.25, 0.3) is 0 Å². The maximum absolute atomic E-state index is 13.7. The summed E-state index contributed by atoms with van der Waals surface area (Å²) in [6.07, 6.45) is 3.21. The summed E-state index contributed by atoms with van der Waals surface area (Å²) >= 11 is 0. The first-order valence-electron chi connectivity index (χ1n) is 9.57. The van der Waals surface area contributed by atoms with Crippen LogP contribution in [-0.2, 0) is 23.7 Å². The van der Waals surface area contributed by atoms with Crippen LogP contribution in [0.4, 0.5) is 4.39 Å². The number of nitriles is 1. The molecule has 0 bridgehead atoms. The number of Topliss-reactive ketones (excluding diaryl/α,β-unsaturated/α-hetero) is 1. The number of carbonyl (C=O) groups is 1. The Bertz CT molecular complexity index is 1070. The third-order valence-electron chi connectivity index (χ3n) is 5.58. The van der Waals surface area contributed by atoms with E-state index in [0.29, 0.717) is 5.57 Å². The van der Waals surface area contributed by atoms with Gasteiger partial charge < -0.3 is 0 Å². The fraction of sp³-hybridized carbons (Fsp3) is 0.348. The van der Waals surface area contributed by atoms with Gasteiger partial charge in [-0.2, -0.15) is 10.4 Å². The zero-order chi connectivity index (χ0) is 20.6. The minimum Gasteiger partial charge on any atom is -0.288 e. The number of benzene rings is 1. The number of aryl methyl sites for hydroxylation is 1. The van der Waals surface area contributed by atoms with E-state index in [0.717, 1.165) is 40.9 Å². The van der Waals surface area contributed by atoms with Gasteiger partial charge in [0, 0.05) is 18.2 Å². The van der Waals surface area contributed by atoms with Crippen molar-refractivity contribution in [2.45, 2.75) is 46.0 Å². The van der Waals surface area contributed by atoms with Crippen LogP contribution in [-0.4, -0.2) is 15.6 Å². The molecule has 4 rings (SSSR count). The molecule has 5 heteroatoms. The normalized spacial score (nSPS) is 20.5. The van der Waals surface area contributed by atoms with Gasteiger partial charge in [0.1, 0.15) is 11.9 Å². The van der Waals surface area contributed by atoms with Gasteiger partial charge in [-0.25, -0.2) is 4.39 Å². The molecule has 1 aromatic heterocycles. The minimum absolute atomic E-state index is 0.166. The van der Waals surface area contributed by atoms with Crippen molar-refractivity contribution < 1.29 is 9.18 Å². The van der Waals surface area contributed by atoms with Crippen molar-refractivity contribution in [3.8, 4) is 17.3 Å². The van der Waals surface area contributed by atoms with Gasteiger partial charge in [-0.1, -0.05) is 26.0 Å². The number of fused-ring (bicyclic) bond motifs is 3. The van der Waals surface area contributed by atoms with Gasteiger partial charge in [-0.3, -0.25) is 9.48 Å². The highest BCUT2D eigenvalue weighted by molar-refractivity contribution is 6.12. The predicted molar refractivity (Wildman–Crippen MR) is 107 cm³/mol. The van der Waals surface area contributed by atoms with E-state index in [9.17, 15) is 14.4 Å². The van der Waals surface area contributed by atoms with Crippen LogP contribution in [0.15, 0.2) is 47.1 Å². The molecule has 28 heavy (non-hydrogen) atoms. The first-order chi connectivity index (χ1) is 13.4. The van der Waals surface area contributed by atoms with Gasteiger partial charge in [0.2, 0.25) is 0 Å². The van der Waals surface area contributed by atoms with E-state index in [1.807, 2.05) is 40.0 Å². The number of aromatic nitrogens is 2. The van der Waals surface area contributed by atoms with E-state index < -0.39 is 5.41 Å². The van der Waals surface area contributed by atoms with Crippen LogP contribution in [0.5, 0.6) is 0 Å². The van der Waals surface area contributed by atoms with E-state index in [4.69, 9.17) is 5.10 Å². The van der Waals surface area contributed by atoms with E-state index in [2.05, 4.69) is 0 Å². The lowest BCUT2D eigenvalue weighted by Crippen LogP contribution is -2.34. The van der Waals surface area contributed by atoms with E-state index >= 15 is 0 Å². The van der Waals surface area contributed by atoms with Crippen molar-refractivity contribution in [3.05, 3.63) is 64.1 Å². The predicted octanol–water partition coefficient (Wildman–Crippen LogP) is 4.81. The zero-order valence-electron chi connectivity index (χ0n) is 16.9. The first-order valence-corrected chi connectivity index (χ1v) is 9.57. The Balaban J connectivity index is 0.00000109. The number of ketones is 1. The maximum atomic E-state index is 13.7. The molecule has 2 aromatic rings. The molecule has 0 saturated heterocycles. The smallest absolute Gasteiger partial charge is 0.198 e. The molecular weight excluding hydrogens is 353 g/mol. The van der Waals surface area contributed by atoms with Gasteiger partial charge in [0.15, 0.2) is 5.78 Å². The fourth-order valence-electron chi connectivity index (χ4n) is 4.38. The van der Waals surface area contributed by atoms with Crippen molar-refractivity contribution in [3.63, 3.8) is 0 Å². The van der Waals surface area contributed by atoms with Crippen LogP contribution in [0, 0.1) is 17.1 Å². The molecule has 1 atom stereocenters. The van der Waals surface area contributed by atoms with Gasteiger partial charge in [-0.05, 0) is 56.0 Å². The van der Waals surface area contributed by atoms with Crippen LogP contribution in [0.1, 0.15) is 45.4 Å². The van der Waals surface area contributed by atoms with Crippen LogP contribution in [0.2, 0.25) is 0 Å². The number of rotatable bonds is 1. The molecule has 1 unspecified atom stereocenters. The van der Waals surface area contributed by atoms with Gasteiger partial charge >= 0.3 is 0 Å². The lowest BCUT2D eigenvalue weighted by atomic mass is 9.65. The Kier molecular flexibility index (Phi) is 5.08. The number of allylic oxidation sites excluding steroid dienone is 4. The van der Waals surface area contributed by atoms with Crippen molar-refractivity contribution in [1.29, 1.82) is 5.26 Å². The molecule has 0 amide bonds.